The summed E-state index contributed by atoms with van der Waals surface area (Å²) in [5.41, 5.74) is 3.32. The number of hydrogen-bond acceptors (Lipinski definition) is 3. The average Bonchev–Trinajstić information content (AvgIpc) is 2.87. The zero-order valence-corrected chi connectivity index (χ0v) is 11.6. The van der Waals surface area contributed by atoms with Crippen molar-refractivity contribution in [2.75, 3.05) is 13.2 Å². The maximum Gasteiger partial charge on any atom is 0.251 e. The molecule has 0 atom stereocenters. The summed E-state index contributed by atoms with van der Waals surface area (Å²) in [4.78, 5) is 12.1. The first-order chi connectivity index (χ1) is 8.83. The van der Waals surface area contributed by atoms with Crippen molar-refractivity contribution in [1.82, 2.24) is 10.6 Å². The van der Waals surface area contributed by atoms with E-state index in [1.54, 1.807) is 0 Å². The summed E-state index contributed by atoms with van der Waals surface area (Å²) < 4.78 is 5.29. The van der Waals surface area contributed by atoms with Gasteiger partial charge < -0.3 is 15.4 Å². The van der Waals surface area contributed by atoms with Gasteiger partial charge in [-0.05, 0) is 36.1 Å². The first kappa shape index (κ1) is 14.3. The molecule has 3 rings (SSSR count). The molecule has 1 fully saturated rings. The van der Waals surface area contributed by atoms with Crippen molar-refractivity contribution in [3.63, 3.8) is 0 Å². The van der Waals surface area contributed by atoms with Gasteiger partial charge in [0.1, 0.15) is 0 Å². The van der Waals surface area contributed by atoms with Crippen LogP contribution in [0, 0.1) is 0 Å². The Labute approximate surface area is 119 Å². The monoisotopic (exact) mass is 282 g/mol. The summed E-state index contributed by atoms with van der Waals surface area (Å²) in [6.45, 7) is 3.28. The van der Waals surface area contributed by atoms with Crippen LogP contribution in [-0.4, -0.2) is 25.2 Å². The summed E-state index contributed by atoms with van der Waals surface area (Å²) in [5.74, 6) is 0.0385. The molecule has 1 aromatic rings. The zero-order valence-electron chi connectivity index (χ0n) is 10.8. The third kappa shape index (κ3) is 3.26. The number of carbonyl (C=O) groups excluding carboxylic acids is 1. The fourth-order valence-electron chi connectivity index (χ4n) is 2.55. The smallest absolute Gasteiger partial charge is 0.251 e. The topological polar surface area (TPSA) is 50.4 Å². The van der Waals surface area contributed by atoms with Crippen molar-refractivity contribution < 1.29 is 9.53 Å². The van der Waals surface area contributed by atoms with Crippen LogP contribution >= 0.6 is 12.4 Å². The lowest BCUT2D eigenvalue weighted by molar-refractivity contribution is 0.0696. The van der Waals surface area contributed by atoms with Crippen LogP contribution in [0.4, 0.5) is 0 Å². The summed E-state index contributed by atoms with van der Waals surface area (Å²) in [6.07, 6.45) is 1.83. The van der Waals surface area contributed by atoms with E-state index in [0.29, 0.717) is 0 Å². The molecule has 2 N–H and O–H groups in total. The van der Waals surface area contributed by atoms with Gasteiger partial charge >= 0.3 is 0 Å². The highest BCUT2D eigenvalue weighted by atomic mass is 35.5. The number of fused-ring (bicyclic) bond motifs is 1. The van der Waals surface area contributed by atoms with Crippen molar-refractivity contribution in [3.8, 4) is 0 Å². The van der Waals surface area contributed by atoms with Gasteiger partial charge in [-0.3, -0.25) is 4.79 Å². The SMILES string of the molecule is Cl.O=C(NC1CCOCC1)c1ccc2c(c1)CNC2. The van der Waals surface area contributed by atoms with Crippen LogP contribution in [0.25, 0.3) is 0 Å². The van der Waals surface area contributed by atoms with Crippen molar-refractivity contribution in [3.05, 3.63) is 34.9 Å². The van der Waals surface area contributed by atoms with Crippen molar-refractivity contribution in [2.24, 2.45) is 0 Å². The van der Waals surface area contributed by atoms with Gasteiger partial charge in [0.25, 0.3) is 5.91 Å². The third-order valence-electron chi connectivity index (χ3n) is 3.66. The fourth-order valence-corrected chi connectivity index (χ4v) is 2.55. The molecule has 5 heteroatoms. The molecule has 2 aliphatic rings. The van der Waals surface area contributed by atoms with E-state index in [4.69, 9.17) is 4.74 Å². The summed E-state index contributed by atoms with van der Waals surface area (Å²) >= 11 is 0. The maximum absolute atomic E-state index is 12.1. The fraction of sp³-hybridized carbons (Fsp3) is 0.500. The van der Waals surface area contributed by atoms with E-state index in [1.807, 2.05) is 18.2 Å². The molecule has 1 amide bonds. The largest absolute Gasteiger partial charge is 0.381 e. The minimum absolute atomic E-state index is 0. The molecule has 0 bridgehead atoms. The second-order valence-corrected chi connectivity index (χ2v) is 4.95. The van der Waals surface area contributed by atoms with Crippen LogP contribution in [0.15, 0.2) is 18.2 Å². The summed E-state index contributed by atoms with van der Waals surface area (Å²) in [7, 11) is 0. The number of hydrogen-bond donors (Lipinski definition) is 2. The van der Waals surface area contributed by atoms with E-state index in [0.717, 1.165) is 44.7 Å². The standard InChI is InChI=1S/C14H18N2O2.ClH/c17-14(16-13-3-5-18-6-4-13)10-1-2-11-8-15-9-12(11)7-10;/h1-2,7,13,15H,3-6,8-9H2,(H,16,17);1H. The Kier molecular flexibility index (Phi) is 4.80. The highest BCUT2D eigenvalue weighted by molar-refractivity contribution is 5.94. The third-order valence-corrected chi connectivity index (χ3v) is 3.66. The van der Waals surface area contributed by atoms with Gasteiger partial charge in [-0.1, -0.05) is 6.07 Å². The second kappa shape index (κ2) is 6.37. The lowest BCUT2D eigenvalue weighted by atomic mass is 10.0. The van der Waals surface area contributed by atoms with Gasteiger partial charge in [0.05, 0.1) is 0 Å². The minimum Gasteiger partial charge on any atom is -0.381 e. The predicted molar refractivity (Wildman–Crippen MR) is 75.5 cm³/mol. The van der Waals surface area contributed by atoms with Crippen LogP contribution in [0.5, 0.6) is 0 Å². The molecule has 1 aromatic carbocycles. The van der Waals surface area contributed by atoms with E-state index >= 15 is 0 Å². The molecule has 0 saturated carbocycles. The number of rotatable bonds is 2. The highest BCUT2D eigenvalue weighted by Crippen LogP contribution is 2.17. The molecule has 0 aliphatic carbocycles. The van der Waals surface area contributed by atoms with Gasteiger partial charge in [-0.15, -0.1) is 12.4 Å². The molecule has 0 unspecified atom stereocenters. The molecular weight excluding hydrogens is 264 g/mol. The molecular formula is C14H19ClN2O2. The Morgan fingerprint density at radius 2 is 1.95 bits per heavy atom. The van der Waals surface area contributed by atoms with Crippen molar-refractivity contribution >= 4 is 18.3 Å². The van der Waals surface area contributed by atoms with E-state index in [-0.39, 0.29) is 24.4 Å². The predicted octanol–water partition coefficient (Wildman–Crippen LogP) is 1.62. The molecule has 1 saturated heterocycles. The average molecular weight is 283 g/mol. The molecule has 19 heavy (non-hydrogen) atoms. The molecule has 2 heterocycles. The second-order valence-electron chi connectivity index (χ2n) is 4.95. The lowest BCUT2D eigenvalue weighted by Crippen LogP contribution is -2.38. The van der Waals surface area contributed by atoms with Crippen molar-refractivity contribution in [1.29, 1.82) is 0 Å². The number of halogens is 1. The Morgan fingerprint density at radius 1 is 1.21 bits per heavy atom. The molecule has 4 nitrogen and oxygen atoms in total. The number of nitrogens with one attached hydrogen (secondary N) is 2. The highest BCUT2D eigenvalue weighted by Gasteiger charge is 2.18. The first-order valence-corrected chi connectivity index (χ1v) is 6.54. The van der Waals surface area contributed by atoms with Gasteiger partial charge in [-0.25, -0.2) is 0 Å². The normalized spacial score (nSPS) is 18.5. The van der Waals surface area contributed by atoms with E-state index in [1.165, 1.54) is 11.1 Å². The van der Waals surface area contributed by atoms with Crippen LogP contribution < -0.4 is 10.6 Å². The molecule has 2 aliphatic heterocycles. The van der Waals surface area contributed by atoms with Gasteiger partial charge in [0.2, 0.25) is 0 Å². The first-order valence-electron chi connectivity index (χ1n) is 6.54. The quantitative estimate of drug-likeness (QED) is 0.867. The van der Waals surface area contributed by atoms with E-state index in [2.05, 4.69) is 10.6 Å². The maximum atomic E-state index is 12.1. The van der Waals surface area contributed by atoms with Crippen LogP contribution in [0.3, 0.4) is 0 Å². The van der Waals surface area contributed by atoms with Gasteiger partial charge in [-0.2, -0.15) is 0 Å². The number of ether oxygens (including phenoxy) is 1. The Hall–Kier alpha value is -1.10. The van der Waals surface area contributed by atoms with Crippen LogP contribution in [0.2, 0.25) is 0 Å². The molecule has 0 spiro atoms. The number of benzene rings is 1. The molecule has 0 radical (unpaired) electrons. The Morgan fingerprint density at radius 3 is 2.74 bits per heavy atom. The van der Waals surface area contributed by atoms with Gasteiger partial charge in [0.15, 0.2) is 0 Å². The number of amides is 1. The summed E-state index contributed by atoms with van der Waals surface area (Å²) in [6, 6.07) is 6.23. The van der Waals surface area contributed by atoms with Crippen LogP contribution in [-0.2, 0) is 17.8 Å². The lowest BCUT2D eigenvalue weighted by Gasteiger charge is -2.23. The minimum atomic E-state index is 0. The molecule has 104 valence electrons. The zero-order chi connectivity index (χ0) is 12.4. The van der Waals surface area contributed by atoms with Crippen molar-refractivity contribution in [2.45, 2.75) is 32.0 Å². The van der Waals surface area contributed by atoms with E-state index < -0.39 is 0 Å². The Balaban J connectivity index is 0.00000133. The summed E-state index contributed by atoms with van der Waals surface area (Å²) in [5, 5.41) is 6.37. The molecule has 0 aromatic heterocycles. The van der Waals surface area contributed by atoms with Gasteiger partial charge in [0, 0.05) is 37.9 Å². The Bertz CT molecular complexity index is 459. The van der Waals surface area contributed by atoms with Crippen LogP contribution in [0.1, 0.15) is 34.3 Å². The number of carbonyl (C=O) groups is 1. The van der Waals surface area contributed by atoms with E-state index in [9.17, 15) is 4.79 Å².